The second-order valence-electron chi connectivity index (χ2n) is 3.89. The highest BCUT2D eigenvalue weighted by Gasteiger charge is 2.16. The molecule has 2 aromatic rings. The summed E-state index contributed by atoms with van der Waals surface area (Å²) in [6, 6.07) is 4.43. The van der Waals surface area contributed by atoms with Gasteiger partial charge in [0.05, 0.1) is 18.4 Å². The van der Waals surface area contributed by atoms with E-state index in [1.165, 1.54) is 13.2 Å². The van der Waals surface area contributed by atoms with E-state index in [0.717, 1.165) is 11.8 Å². The first-order chi connectivity index (χ1) is 9.52. The van der Waals surface area contributed by atoms with Crippen molar-refractivity contribution in [3.63, 3.8) is 0 Å². The molecule has 0 unspecified atom stereocenters. The van der Waals surface area contributed by atoms with Crippen molar-refractivity contribution in [1.29, 1.82) is 0 Å². The number of halogens is 1. The summed E-state index contributed by atoms with van der Waals surface area (Å²) < 4.78 is 20.5. The quantitative estimate of drug-likeness (QED) is 0.848. The average Bonchev–Trinajstić information content (AvgIpc) is 2.77. The van der Waals surface area contributed by atoms with Crippen molar-refractivity contribution >= 4 is 17.7 Å². The minimum absolute atomic E-state index is 0.128. The van der Waals surface area contributed by atoms with Gasteiger partial charge in [-0.1, -0.05) is 11.8 Å². The summed E-state index contributed by atoms with van der Waals surface area (Å²) in [5.74, 6) is -0.811. The molecule has 1 aromatic carbocycles. The van der Waals surface area contributed by atoms with Gasteiger partial charge in [0.25, 0.3) is 0 Å². The molecule has 0 saturated carbocycles. The van der Waals surface area contributed by atoms with Crippen molar-refractivity contribution in [2.75, 3.05) is 12.9 Å². The normalized spacial score (nSPS) is 10.6. The molecular weight excluding hydrogens is 285 g/mol. The maximum Gasteiger partial charge on any atom is 0.313 e. The van der Waals surface area contributed by atoms with E-state index in [1.807, 2.05) is 0 Å². The number of hydrogen-bond donors (Lipinski definition) is 1. The molecule has 0 radical (unpaired) electrons. The predicted octanol–water partition coefficient (Wildman–Crippen LogP) is 1.81. The number of methoxy groups -OCH3 is 1. The fourth-order valence-electron chi connectivity index (χ4n) is 1.61. The smallest absolute Gasteiger partial charge is 0.313 e. The van der Waals surface area contributed by atoms with Crippen LogP contribution in [-0.4, -0.2) is 38.7 Å². The van der Waals surface area contributed by atoms with E-state index >= 15 is 0 Å². The molecule has 1 aromatic heterocycles. The summed E-state index contributed by atoms with van der Waals surface area (Å²) in [4.78, 5) is 10.5. The Morgan fingerprint density at radius 2 is 2.25 bits per heavy atom. The Morgan fingerprint density at radius 3 is 2.85 bits per heavy atom. The van der Waals surface area contributed by atoms with Crippen LogP contribution in [0.15, 0.2) is 23.4 Å². The van der Waals surface area contributed by atoms with Gasteiger partial charge in [-0.25, -0.2) is 4.39 Å². The molecule has 0 aliphatic rings. The molecule has 0 aliphatic carbocycles. The van der Waals surface area contributed by atoms with Crippen molar-refractivity contribution < 1.29 is 19.0 Å². The third-order valence-corrected chi connectivity index (χ3v) is 3.58. The first-order valence-corrected chi connectivity index (χ1v) is 6.59. The van der Waals surface area contributed by atoms with Gasteiger partial charge in [-0.15, -0.1) is 10.2 Å². The number of aliphatic carboxylic acids is 1. The summed E-state index contributed by atoms with van der Waals surface area (Å²) in [6.07, 6.45) is 0. The summed E-state index contributed by atoms with van der Waals surface area (Å²) >= 11 is 1.03. The summed E-state index contributed by atoms with van der Waals surface area (Å²) in [7, 11) is 3.11. The van der Waals surface area contributed by atoms with Crippen LogP contribution in [0.3, 0.4) is 0 Å². The molecule has 8 heteroatoms. The molecular formula is C12H12FN3O3S. The number of ether oxygens (including phenoxy) is 1. The molecule has 0 saturated heterocycles. The van der Waals surface area contributed by atoms with Crippen LogP contribution in [0.4, 0.5) is 4.39 Å². The Hall–Kier alpha value is -2.09. The van der Waals surface area contributed by atoms with Crippen LogP contribution in [0.1, 0.15) is 0 Å². The van der Waals surface area contributed by atoms with Crippen LogP contribution in [-0.2, 0) is 11.8 Å². The highest BCUT2D eigenvalue weighted by Crippen LogP contribution is 2.27. The number of benzene rings is 1. The van der Waals surface area contributed by atoms with Gasteiger partial charge >= 0.3 is 5.97 Å². The van der Waals surface area contributed by atoms with Gasteiger partial charge in [-0.3, -0.25) is 4.79 Å². The van der Waals surface area contributed by atoms with Crippen LogP contribution < -0.4 is 4.74 Å². The Bertz CT molecular complexity index is 645. The molecule has 20 heavy (non-hydrogen) atoms. The van der Waals surface area contributed by atoms with Crippen molar-refractivity contribution in [3.8, 4) is 17.1 Å². The van der Waals surface area contributed by atoms with Gasteiger partial charge in [0.15, 0.2) is 11.0 Å². The lowest BCUT2D eigenvalue weighted by Crippen LogP contribution is -2.01. The molecule has 2 rings (SSSR count). The van der Waals surface area contributed by atoms with E-state index in [1.54, 1.807) is 23.7 Å². The standard InChI is InChI=1S/C12H12FN3O3S/c1-16-11(14-15-12(16)20-6-10(17)18)8-4-3-7(19-2)5-9(8)13/h3-5H,6H2,1-2H3,(H,17,18). The fraction of sp³-hybridized carbons (Fsp3) is 0.250. The molecule has 106 valence electrons. The van der Waals surface area contributed by atoms with Gasteiger partial charge in [0, 0.05) is 13.1 Å². The summed E-state index contributed by atoms with van der Waals surface area (Å²) in [5, 5.41) is 16.8. The molecule has 0 bridgehead atoms. The molecule has 1 heterocycles. The third kappa shape index (κ3) is 2.90. The monoisotopic (exact) mass is 297 g/mol. The van der Waals surface area contributed by atoms with E-state index < -0.39 is 11.8 Å². The fourth-order valence-corrected chi connectivity index (χ4v) is 2.24. The zero-order chi connectivity index (χ0) is 14.7. The van der Waals surface area contributed by atoms with Gasteiger partial charge in [0.1, 0.15) is 11.6 Å². The predicted molar refractivity (Wildman–Crippen MR) is 71.3 cm³/mol. The Morgan fingerprint density at radius 1 is 1.50 bits per heavy atom. The minimum Gasteiger partial charge on any atom is -0.497 e. The van der Waals surface area contributed by atoms with Crippen molar-refractivity contribution in [2.45, 2.75) is 5.16 Å². The molecule has 6 nitrogen and oxygen atoms in total. The highest BCUT2D eigenvalue weighted by molar-refractivity contribution is 7.99. The number of nitrogens with zero attached hydrogens (tertiary/aromatic N) is 3. The van der Waals surface area contributed by atoms with Crippen LogP contribution in [0.5, 0.6) is 5.75 Å². The van der Waals surface area contributed by atoms with E-state index in [2.05, 4.69) is 10.2 Å². The zero-order valence-corrected chi connectivity index (χ0v) is 11.6. The lowest BCUT2D eigenvalue weighted by atomic mass is 10.2. The topological polar surface area (TPSA) is 77.2 Å². The van der Waals surface area contributed by atoms with Gasteiger partial charge < -0.3 is 14.4 Å². The lowest BCUT2D eigenvalue weighted by Gasteiger charge is -2.06. The van der Waals surface area contributed by atoms with Crippen molar-refractivity contribution in [2.24, 2.45) is 7.05 Å². The second-order valence-corrected chi connectivity index (χ2v) is 4.84. The van der Waals surface area contributed by atoms with Crippen molar-refractivity contribution in [3.05, 3.63) is 24.0 Å². The highest BCUT2D eigenvalue weighted by atomic mass is 32.2. The number of aromatic nitrogens is 3. The second kappa shape index (κ2) is 5.91. The van der Waals surface area contributed by atoms with Crippen molar-refractivity contribution in [1.82, 2.24) is 14.8 Å². The number of hydrogen-bond acceptors (Lipinski definition) is 5. The summed E-state index contributed by atoms with van der Waals surface area (Å²) in [6.45, 7) is 0. The van der Waals surface area contributed by atoms with Crippen LogP contribution in [0, 0.1) is 5.82 Å². The first-order valence-electron chi connectivity index (χ1n) is 5.61. The van der Waals surface area contributed by atoms with Crippen LogP contribution >= 0.6 is 11.8 Å². The number of carboxylic acids is 1. The van der Waals surface area contributed by atoms with Crippen LogP contribution in [0.25, 0.3) is 11.4 Å². The average molecular weight is 297 g/mol. The maximum absolute atomic E-state index is 14.0. The van der Waals surface area contributed by atoms with Gasteiger partial charge in [0.2, 0.25) is 0 Å². The van der Waals surface area contributed by atoms with Gasteiger partial charge in [-0.05, 0) is 12.1 Å². The third-order valence-electron chi connectivity index (χ3n) is 2.58. The SMILES string of the molecule is COc1ccc(-c2nnc(SCC(=O)O)n2C)c(F)c1. The van der Waals surface area contributed by atoms with E-state index in [-0.39, 0.29) is 11.3 Å². The lowest BCUT2D eigenvalue weighted by molar-refractivity contribution is -0.133. The minimum atomic E-state index is -0.949. The Labute approximate surface area is 118 Å². The number of carboxylic acid groups (broad SMARTS) is 1. The molecule has 0 fully saturated rings. The number of rotatable bonds is 5. The number of carbonyl (C=O) groups is 1. The largest absolute Gasteiger partial charge is 0.497 e. The van der Waals surface area contributed by atoms with E-state index in [0.29, 0.717) is 16.7 Å². The molecule has 0 aliphatic heterocycles. The Kier molecular flexibility index (Phi) is 4.23. The van der Waals surface area contributed by atoms with Gasteiger partial charge in [-0.2, -0.15) is 0 Å². The summed E-state index contributed by atoms with van der Waals surface area (Å²) in [5.41, 5.74) is 0.281. The zero-order valence-electron chi connectivity index (χ0n) is 10.8. The molecule has 0 amide bonds. The molecule has 0 spiro atoms. The van der Waals surface area contributed by atoms with E-state index in [4.69, 9.17) is 9.84 Å². The maximum atomic E-state index is 14.0. The first kappa shape index (κ1) is 14.3. The molecule has 0 atom stereocenters. The Balaban J connectivity index is 2.32. The van der Waals surface area contributed by atoms with E-state index in [9.17, 15) is 9.18 Å². The van der Waals surface area contributed by atoms with Crippen LogP contribution in [0.2, 0.25) is 0 Å². The molecule has 1 N–H and O–H groups in total. The number of thioether (sulfide) groups is 1.